The fourth-order valence-corrected chi connectivity index (χ4v) is 8.17. The van der Waals surface area contributed by atoms with E-state index < -0.39 is 78.0 Å². The van der Waals surface area contributed by atoms with Crippen LogP contribution in [-0.2, 0) is 52.9 Å². The summed E-state index contributed by atoms with van der Waals surface area (Å²) < 4.78 is 67.1. The minimum absolute atomic E-state index is 0.0266. The zero-order valence-corrected chi connectivity index (χ0v) is 29.7. The molecule has 0 saturated heterocycles. The molecule has 22 heteroatoms. The number of hydrogen-bond donors (Lipinski definition) is 3. The lowest BCUT2D eigenvalue weighted by molar-refractivity contribution is -0.0495. The number of halogens is 1. The molecule has 0 amide bonds. The average molecular weight is 746 g/mol. The van der Waals surface area contributed by atoms with Crippen LogP contribution in [0.15, 0.2) is 6.20 Å². The fourth-order valence-electron chi connectivity index (χ4n) is 4.40. The summed E-state index contributed by atoms with van der Waals surface area (Å²) in [6, 6.07) is 0.237. The maximum absolute atomic E-state index is 13.6. The predicted octanol–water partition coefficient (Wildman–Crippen LogP) is 4.63. The molecule has 0 radical (unpaired) electrons. The number of nitrogens with one attached hydrogen (secondary N) is 1. The topological polar surface area (TPSA) is 238 Å². The number of ether oxygens (including phenoxy) is 5. The Bertz CT molecular complexity index is 1460. The van der Waals surface area contributed by atoms with Crippen molar-refractivity contribution in [3.63, 3.8) is 0 Å². The number of methoxy groups -OCH3 is 1. The Labute approximate surface area is 281 Å². The summed E-state index contributed by atoms with van der Waals surface area (Å²) in [6.07, 6.45) is -0.239. The number of aliphatic hydroxyl groups excluding tert-OH is 1. The second kappa shape index (κ2) is 18.4. The van der Waals surface area contributed by atoms with E-state index in [9.17, 15) is 28.7 Å². The fraction of sp³-hybridized carbons (Fsp3) is 0.731. The van der Waals surface area contributed by atoms with Crippen LogP contribution in [0.25, 0.3) is 11.0 Å². The molecular formula is C26H42ClN5O14P2. The SMILES string of the molecule is CO[C@H](COP(=O)(CP(=O)(O)OCOC(=O)OC(C)C)OCOC(=O)OC(C)C)[C@@H](O)Cn1ncc2c(NC3CCCC3)nc(Cl)nc21. The number of carbonyl (C=O) groups is 2. The summed E-state index contributed by atoms with van der Waals surface area (Å²) >= 11 is 6.19. The predicted molar refractivity (Wildman–Crippen MR) is 169 cm³/mol. The first kappa shape index (κ1) is 39.8. The number of carbonyl (C=O) groups excluding carboxylic acids is 2. The van der Waals surface area contributed by atoms with Gasteiger partial charge in [0, 0.05) is 13.2 Å². The Morgan fingerprint density at radius 2 is 1.62 bits per heavy atom. The molecule has 1 aliphatic rings. The van der Waals surface area contributed by atoms with E-state index in [1.54, 1.807) is 27.7 Å². The Morgan fingerprint density at radius 3 is 2.21 bits per heavy atom. The highest BCUT2D eigenvalue weighted by Crippen LogP contribution is 2.61. The first-order valence-corrected chi connectivity index (χ1v) is 18.8. The van der Waals surface area contributed by atoms with E-state index in [-0.39, 0.29) is 17.9 Å². The van der Waals surface area contributed by atoms with Crippen LogP contribution in [-0.4, -0.2) is 106 Å². The summed E-state index contributed by atoms with van der Waals surface area (Å²) in [6.45, 7) is 3.36. The standard InChI is InChI=1S/C26H42ClN5O14P2/c1-16(2)45-25(34)40-13-43-47(36,37)15-48(38,44-14-41-26(35)46-17(3)4)42-12-21(39-5)20(33)11-32-23-19(10-28-32)22(30-24(27)31-23)29-18-8-6-7-9-18/h10,16-18,20-21,33H,6-9,11-15H2,1-5H3,(H,36,37)(H,29,30,31)/t20-,21+,48?/m0/s1. The molecule has 0 aliphatic heterocycles. The van der Waals surface area contributed by atoms with Crippen LogP contribution in [0.3, 0.4) is 0 Å². The number of aromatic nitrogens is 4. The molecule has 2 heterocycles. The largest absolute Gasteiger partial charge is 0.510 e. The van der Waals surface area contributed by atoms with Gasteiger partial charge in [-0.05, 0) is 52.1 Å². The van der Waals surface area contributed by atoms with Gasteiger partial charge in [-0.1, -0.05) is 12.8 Å². The number of aliphatic hydroxyl groups is 1. The smallest absolute Gasteiger partial charge is 0.432 e. The molecule has 3 N–H and O–H groups in total. The highest BCUT2D eigenvalue weighted by atomic mass is 35.5. The Morgan fingerprint density at radius 1 is 1.02 bits per heavy atom. The van der Waals surface area contributed by atoms with Crippen molar-refractivity contribution in [2.75, 3.05) is 38.5 Å². The second-order valence-corrected chi connectivity index (χ2v) is 15.9. The Kier molecular flexibility index (Phi) is 15.3. The van der Waals surface area contributed by atoms with Crippen molar-refractivity contribution in [2.24, 2.45) is 0 Å². The lowest BCUT2D eigenvalue weighted by Gasteiger charge is -2.25. The number of hydrogen-bond acceptors (Lipinski definition) is 17. The van der Waals surface area contributed by atoms with Gasteiger partial charge in [0.05, 0.1) is 36.9 Å². The summed E-state index contributed by atoms with van der Waals surface area (Å²) in [5.41, 5.74) is 0.336. The highest BCUT2D eigenvalue weighted by Gasteiger charge is 2.39. The highest BCUT2D eigenvalue weighted by molar-refractivity contribution is 7.70. The molecule has 2 aromatic rings. The van der Waals surface area contributed by atoms with Gasteiger partial charge in [0.15, 0.2) is 11.6 Å². The molecule has 48 heavy (non-hydrogen) atoms. The van der Waals surface area contributed by atoms with Crippen LogP contribution in [0.5, 0.6) is 0 Å². The van der Waals surface area contributed by atoms with Crippen molar-refractivity contribution >= 4 is 56.0 Å². The quantitative estimate of drug-likeness (QED) is 0.0768. The van der Waals surface area contributed by atoms with Gasteiger partial charge in [0.2, 0.25) is 18.9 Å². The Hall–Kier alpha value is -2.60. The third-order valence-corrected chi connectivity index (χ3v) is 11.1. The van der Waals surface area contributed by atoms with Gasteiger partial charge >= 0.3 is 27.5 Å². The summed E-state index contributed by atoms with van der Waals surface area (Å²) in [7, 11) is -8.27. The van der Waals surface area contributed by atoms with Crippen LogP contribution in [0.4, 0.5) is 15.4 Å². The van der Waals surface area contributed by atoms with Crippen LogP contribution < -0.4 is 5.32 Å². The molecule has 2 aromatic heterocycles. The minimum Gasteiger partial charge on any atom is -0.432 e. The van der Waals surface area contributed by atoms with E-state index in [0.717, 1.165) is 25.7 Å². The average Bonchev–Trinajstić information content (AvgIpc) is 3.62. The zero-order chi connectivity index (χ0) is 35.5. The summed E-state index contributed by atoms with van der Waals surface area (Å²) in [4.78, 5) is 42.2. The summed E-state index contributed by atoms with van der Waals surface area (Å²) in [5.74, 6) is -0.757. The molecule has 4 atom stereocenters. The van der Waals surface area contributed by atoms with Crippen molar-refractivity contribution in [2.45, 2.75) is 90.4 Å². The van der Waals surface area contributed by atoms with Crippen molar-refractivity contribution in [1.29, 1.82) is 0 Å². The van der Waals surface area contributed by atoms with Crippen LogP contribution in [0.2, 0.25) is 5.28 Å². The number of rotatable bonds is 19. The van der Waals surface area contributed by atoms with Gasteiger partial charge in [-0.25, -0.2) is 14.3 Å². The molecule has 1 fully saturated rings. The van der Waals surface area contributed by atoms with Crippen molar-refractivity contribution < 1.29 is 66.0 Å². The molecule has 0 bridgehead atoms. The van der Waals surface area contributed by atoms with Crippen molar-refractivity contribution in [1.82, 2.24) is 19.7 Å². The molecule has 19 nitrogen and oxygen atoms in total. The van der Waals surface area contributed by atoms with Gasteiger partial charge in [-0.15, -0.1) is 0 Å². The minimum atomic E-state index is -4.85. The van der Waals surface area contributed by atoms with E-state index in [1.165, 1.54) is 18.0 Å². The molecular weight excluding hydrogens is 704 g/mol. The maximum Gasteiger partial charge on any atom is 0.510 e. The van der Waals surface area contributed by atoms with E-state index in [0.29, 0.717) is 16.9 Å². The zero-order valence-electron chi connectivity index (χ0n) is 27.2. The monoisotopic (exact) mass is 745 g/mol. The molecule has 1 saturated carbocycles. The number of fused-ring (bicyclic) bond motifs is 1. The lowest BCUT2D eigenvalue weighted by Crippen LogP contribution is -2.36. The number of nitrogens with zero attached hydrogens (tertiary/aromatic N) is 4. The van der Waals surface area contributed by atoms with Crippen LogP contribution in [0.1, 0.15) is 53.4 Å². The molecule has 272 valence electrons. The molecule has 0 spiro atoms. The van der Waals surface area contributed by atoms with Gasteiger partial charge in [-0.2, -0.15) is 15.1 Å². The molecule has 3 rings (SSSR count). The molecule has 1 aliphatic carbocycles. The Balaban J connectivity index is 1.69. The van der Waals surface area contributed by atoms with E-state index >= 15 is 0 Å². The van der Waals surface area contributed by atoms with Gasteiger partial charge < -0.3 is 43.5 Å². The van der Waals surface area contributed by atoms with Gasteiger partial charge in [0.1, 0.15) is 18.0 Å². The molecule has 2 unspecified atom stereocenters. The van der Waals surface area contributed by atoms with Crippen molar-refractivity contribution in [3.8, 4) is 0 Å². The summed E-state index contributed by atoms with van der Waals surface area (Å²) in [5, 5.41) is 19.3. The first-order valence-electron chi connectivity index (χ1n) is 15.0. The third kappa shape index (κ3) is 13.0. The van der Waals surface area contributed by atoms with Crippen LogP contribution >= 0.6 is 26.8 Å². The van der Waals surface area contributed by atoms with Crippen LogP contribution in [0, 0.1) is 0 Å². The van der Waals surface area contributed by atoms with Gasteiger partial charge in [0.25, 0.3) is 0 Å². The lowest BCUT2D eigenvalue weighted by atomic mass is 10.2. The van der Waals surface area contributed by atoms with E-state index in [4.69, 9.17) is 44.1 Å². The first-order chi connectivity index (χ1) is 22.6. The van der Waals surface area contributed by atoms with Crippen molar-refractivity contribution in [3.05, 3.63) is 11.5 Å². The molecule has 0 aromatic carbocycles. The van der Waals surface area contributed by atoms with E-state index in [1.807, 2.05) is 0 Å². The normalized spacial score (nSPS) is 17.5. The maximum atomic E-state index is 13.6. The van der Waals surface area contributed by atoms with E-state index in [2.05, 4.69) is 25.1 Å². The van der Waals surface area contributed by atoms with Gasteiger partial charge in [-0.3, -0.25) is 18.2 Å². The second-order valence-electron chi connectivity index (χ2n) is 11.2. The third-order valence-electron chi connectivity index (χ3n) is 6.57. The number of anilines is 1.